The molecule has 1 saturated heterocycles. The first kappa shape index (κ1) is 22.4. The number of aryl methyl sites for hydroxylation is 1. The zero-order valence-electron chi connectivity index (χ0n) is 19.7. The zero-order valence-corrected chi connectivity index (χ0v) is 19.7. The molecule has 1 aromatic carbocycles. The second-order valence-electron chi connectivity index (χ2n) is 11.3. The average molecular weight is 441 g/mol. The summed E-state index contributed by atoms with van der Waals surface area (Å²) < 4.78 is 5.37. The van der Waals surface area contributed by atoms with E-state index in [9.17, 15) is 15.0 Å². The molecular formula is C28H40O4. The Morgan fingerprint density at radius 3 is 2.72 bits per heavy atom. The first-order chi connectivity index (χ1) is 15.4. The maximum Gasteiger partial charge on any atom is 0.306 e. The monoisotopic (exact) mass is 440 g/mol. The van der Waals surface area contributed by atoms with Crippen LogP contribution in [0.15, 0.2) is 24.3 Å². The summed E-state index contributed by atoms with van der Waals surface area (Å²) in [5.74, 6) is 3.80. The highest BCUT2D eigenvalue weighted by Gasteiger charge is 2.51. The summed E-state index contributed by atoms with van der Waals surface area (Å²) in [5.41, 5.74) is 2.84. The lowest BCUT2D eigenvalue weighted by atomic mass is 9.67. The zero-order chi connectivity index (χ0) is 22.4. The number of fused-ring (bicyclic) bond motifs is 1. The van der Waals surface area contributed by atoms with E-state index in [1.807, 2.05) is 0 Å². The number of ether oxygens (including phenoxy) is 1. The van der Waals surface area contributed by atoms with Crippen molar-refractivity contribution in [2.24, 2.45) is 35.5 Å². The maximum absolute atomic E-state index is 11.7. The lowest BCUT2D eigenvalue weighted by molar-refractivity contribution is -0.141. The molecule has 5 rings (SSSR count). The van der Waals surface area contributed by atoms with Crippen LogP contribution in [0.3, 0.4) is 0 Å². The molecule has 4 fully saturated rings. The van der Waals surface area contributed by atoms with Gasteiger partial charge in [-0.25, -0.2) is 0 Å². The SMILES string of the molecule is CCC1CC1C1CCC1c1cccc(CCC(O)CC(C)C2C(O)CC3OC(=O)CC32)c1. The van der Waals surface area contributed by atoms with Gasteiger partial charge in [-0.15, -0.1) is 0 Å². The normalized spacial score (nSPS) is 39.8. The molecule has 0 amide bonds. The third-order valence-corrected chi connectivity index (χ3v) is 9.40. The Hall–Kier alpha value is -1.39. The highest BCUT2D eigenvalue weighted by atomic mass is 16.6. The van der Waals surface area contributed by atoms with Gasteiger partial charge in [0.25, 0.3) is 0 Å². The van der Waals surface area contributed by atoms with Crippen molar-refractivity contribution in [1.82, 2.24) is 0 Å². The van der Waals surface area contributed by atoms with E-state index >= 15 is 0 Å². The number of aliphatic hydroxyl groups is 2. The van der Waals surface area contributed by atoms with Crippen LogP contribution in [-0.4, -0.2) is 34.5 Å². The summed E-state index contributed by atoms with van der Waals surface area (Å²) in [6.45, 7) is 4.44. The van der Waals surface area contributed by atoms with E-state index < -0.39 is 6.10 Å². The Kier molecular flexibility index (Phi) is 6.37. The Labute approximate surface area is 192 Å². The molecule has 1 aliphatic heterocycles. The van der Waals surface area contributed by atoms with E-state index in [0.29, 0.717) is 19.3 Å². The molecular weight excluding hydrogens is 400 g/mol. The largest absolute Gasteiger partial charge is 0.462 e. The molecule has 4 aliphatic rings. The van der Waals surface area contributed by atoms with Crippen LogP contribution in [0, 0.1) is 35.5 Å². The minimum absolute atomic E-state index is 0.0503. The van der Waals surface area contributed by atoms with Crippen molar-refractivity contribution in [1.29, 1.82) is 0 Å². The van der Waals surface area contributed by atoms with E-state index in [1.165, 1.54) is 36.8 Å². The second-order valence-corrected chi connectivity index (χ2v) is 11.3. The molecule has 0 spiro atoms. The number of rotatable bonds is 9. The number of aliphatic hydroxyl groups excluding tert-OH is 2. The van der Waals surface area contributed by atoms with Gasteiger partial charge in [-0.1, -0.05) is 44.5 Å². The Bertz CT molecular complexity index is 821. The third-order valence-electron chi connectivity index (χ3n) is 9.40. The van der Waals surface area contributed by atoms with Crippen molar-refractivity contribution < 1.29 is 19.7 Å². The first-order valence-electron chi connectivity index (χ1n) is 13.1. The quantitative estimate of drug-likeness (QED) is 0.538. The molecule has 4 heteroatoms. The smallest absolute Gasteiger partial charge is 0.306 e. The fraction of sp³-hybridized carbons (Fsp3) is 0.750. The van der Waals surface area contributed by atoms with Crippen molar-refractivity contribution in [3.8, 4) is 0 Å². The van der Waals surface area contributed by atoms with Crippen molar-refractivity contribution in [2.45, 2.75) is 95.9 Å². The molecule has 176 valence electrons. The average Bonchev–Trinajstić information content (AvgIpc) is 3.30. The molecule has 2 N–H and O–H groups in total. The van der Waals surface area contributed by atoms with Crippen LogP contribution in [0.2, 0.25) is 0 Å². The van der Waals surface area contributed by atoms with E-state index in [0.717, 1.165) is 36.5 Å². The fourth-order valence-electron chi connectivity index (χ4n) is 7.45. The minimum Gasteiger partial charge on any atom is -0.462 e. The van der Waals surface area contributed by atoms with Gasteiger partial charge in [-0.3, -0.25) is 4.79 Å². The predicted octanol–water partition coefficient (Wildman–Crippen LogP) is 4.86. The molecule has 0 bridgehead atoms. The molecule has 10 unspecified atom stereocenters. The maximum atomic E-state index is 11.7. The van der Waals surface area contributed by atoms with E-state index in [2.05, 4.69) is 38.1 Å². The van der Waals surface area contributed by atoms with Gasteiger partial charge in [0, 0.05) is 12.3 Å². The topological polar surface area (TPSA) is 66.8 Å². The third kappa shape index (κ3) is 4.37. The van der Waals surface area contributed by atoms with Gasteiger partial charge in [0.05, 0.1) is 18.6 Å². The number of esters is 1. The van der Waals surface area contributed by atoms with Crippen LogP contribution in [0.25, 0.3) is 0 Å². The summed E-state index contributed by atoms with van der Waals surface area (Å²) in [5, 5.41) is 21.3. The molecule has 3 saturated carbocycles. The molecule has 1 aromatic rings. The molecule has 3 aliphatic carbocycles. The van der Waals surface area contributed by atoms with E-state index in [1.54, 1.807) is 0 Å². The number of hydrogen-bond acceptors (Lipinski definition) is 4. The number of benzene rings is 1. The van der Waals surface area contributed by atoms with Gasteiger partial charge in [-0.2, -0.15) is 0 Å². The van der Waals surface area contributed by atoms with Gasteiger partial charge in [0.2, 0.25) is 0 Å². The van der Waals surface area contributed by atoms with E-state index in [-0.39, 0.29) is 35.9 Å². The second kappa shape index (κ2) is 9.10. The molecule has 0 aromatic heterocycles. The molecule has 10 atom stereocenters. The van der Waals surface area contributed by atoms with Crippen molar-refractivity contribution in [2.75, 3.05) is 0 Å². The van der Waals surface area contributed by atoms with Gasteiger partial charge < -0.3 is 14.9 Å². The van der Waals surface area contributed by atoms with Crippen molar-refractivity contribution >= 4 is 5.97 Å². The highest BCUT2D eigenvalue weighted by Crippen LogP contribution is 2.58. The van der Waals surface area contributed by atoms with Crippen molar-refractivity contribution in [3.05, 3.63) is 35.4 Å². The summed E-state index contributed by atoms with van der Waals surface area (Å²) >= 11 is 0. The van der Waals surface area contributed by atoms with Crippen LogP contribution in [0.1, 0.15) is 82.3 Å². The number of carbonyl (C=O) groups is 1. The highest BCUT2D eigenvalue weighted by molar-refractivity contribution is 5.72. The summed E-state index contributed by atoms with van der Waals surface area (Å²) in [4.78, 5) is 11.7. The van der Waals surface area contributed by atoms with Gasteiger partial charge in [0.15, 0.2) is 0 Å². The van der Waals surface area contributed by atoms with Gasteiger partial charge in [0.1, 0.15) is 6.10 Å². The van der Waals surface area contributed by atoms with Crippen LogP contribution in [-0.2, 0) is 16.0 Å². The van der Waals surface area contributed by atoms with Crippen LogP contribution in [0.5, 0.6) is 0 Å². The standard InChI is InChI=1S/C28H40O4/c1-3-18-13-23(18)22-10-9-21(22)19-6-4-5-17(12-19)7-8-20(29)11-16(2)28-24-14-27(31)32-26(24)15-25(28)30/h4-6,12,16,18,20-26,28-30H,3,7-11,13-15H2,1-2H3. The Morgan fingerprint density at radius 2 is 2.00 bits per heavy atom. The van der Waals surface area contributed by atoms with Gasteiger partial charge >= 0.3 is 5.97 Å². The van der Waals surface area contributed by atoms with Crippen molar-refractivity contribution in [3.63, 3.8) is 0 Å². The summed E-state index contributed by atoms with van der Waals surface area (Å²) in [7, 11) is 0. The summed E-state index contributed by atoms with van der Waals surface area (Å²) in [6.07, 6.45) is 7.86. The number of hydrogen-bond donors (Lipinski definition) is 2. The van der Waals surface area contributed by atoms with Crippen LogP contribution in [0.4, 0.5) is 0 Å². The predicted molar refractivity (Wildman–Crippen MR) is 124 cm³/mol. The Morgan fingerprint density at radius 1 is 1.16 bits per heavy atom. The summed E-state index contributed by atoms with van der Waals surface area (Å²) in [6, 6.07) is 9.10. The minimum atomic E-state index is -0.425. The lowest BCUT2D eigenvalue weighted by Crippen LogP contribution is -2.29. The van der Waals surface area contributed by atoms with Gasteiger partial charge in [-0.05, 0) is 85.2 Å². The molecule has 32 heavy (non-hydrogen) atoms. The number of carbonyl (C=O) groups excluding carboxylic acids is 1. The molecule has 0 radical (unpaired) electrons. The van der Waals surface area contributed by atoms with E-state index in [4.69, 9.17) is 4.74 Å². The van der Waals surface area contributed by atoms with Crippen LogP contribution >= 0.6 is 0 Å². The Balaban J connectivity index is 1.13. The first-order valence-corrected chi connectivity index (χ1v) is 13.1. The lowest BCUT2D eigenvalue weighted by Gasteiger charge is -2.38. The molecule has 1 heterocycles. The molecule has 4 nitrogen and oxygen atoms in total. The fourth-order valence-corrected chi connectivity index (χ4v) is 7.45. The van der Waals surface area contributed by atoms with Crippen LogP contribution < -0.4 is 0 Å².